The van der Waals surface area contributed by atoms with Crippen LogP contribution >= 0.6 is 0 Å². The molecule has 2 fully saturated rings. The predicted molar refractivity (Wildman–Crippen MR) is 95.0 cm³/mol. The molecule has 4 atom stereocenters. The van der Waals surface area contributed by atoms with E-state index in [1.54, 1.807) is 0 Å². The minimum atomic E-state index is -0.795. The third-order valence-corrected chi connectivity index (χ3v) is 5.48. The van der Waals surface area contributed by atoms with Gasteiger partial charge in [-0.05, 0) is 44.4 Å². The van der Waals surface area contributed by atoms with Gasteiger partial charge >= 0.3 is 5.97 Å². The molecule has 5 nitrogen and oxygen atoms in total. The van der Waals surface area contributed by atoms with Crippen LogP contribution in [0.5, 0.6) is 0 Å². The number of ketones is 1. The standard InChI is InChI=1S/C20H30O5/c21-17(14-7-5-8-14)11-6-10-16-15(18(22)13-19(16)23)9-3-1-2-4-12-20(24)25/h1,3,6,10,14-17,19,21,23H,2,4-5,7-9,11-13H2,(H,24,25)/b3-1-,10-6+/t15-,16-,17?,19-/m1/s1. The second kappa shape index (κ2) is 9.88. The molecular formula is C20H30O5. The Bertz CT molecular complexity index is 506. The summed E-state index contributed by atoms with van der Waals surface area (Å²) in [7, 11) is 0. The van der Waals surface area contributed by atoms with Gasteiger partial charge in [-0.25, -0.2) is 0 Å². The van der Waals surface area contributed by atoms with E-state index in [1.165, 1.54) is 6.42 Å². The number of rotatable bonds is 10. The van der Waals surface area contributed by atoms with Crippen molar-refractivity contribution in [2.45, 2.75) is 70.0 Å². The SMILES string of the molecule is O=C(O)CCC/C=C\C[C@H]1C(=O)C[C@@H](O)[C@@H]1/C=C/CC(O)C1CCC1. The van der Waals surface area contributed by atoms with Crippen LogP contribution in [-0.2, 0) is 9.59 Å². The summed E-state index contributed by atoms with van der Waals surface area (Å²) in [6.07, 6.45) is 12.9. The molecule has 0 radical (unpaired) electrons. The van der Waals surface area contributed by atoms with Gasteiger partial charge in [0, 0.05) is 24.7 Å². The van der Waals surface area contributed by atoms with Gasteiger partial charge in [0.25, 0.3) is 0 Å². The molecule has 2 aliphatic rings. The molecule has 2 saturated carbocycles. The first kappa shape index (κ1) is 19.9. The van der Waals surface area contributed by atoms with E-state index in [9.17, 15) is 19.8 Å². The molecule has 0 saturated heterocycles. The highest BCUT2D eigenvalue weighted by Crippen LogP contribution is 2.34. The number of carboxylic acids is 1. The van der Waals surface area contributed by atoms with Crippen molar-refractivity contribution in [3.05, 3.63) is 24.3 Å². The molecule has 3 N–H and O–H groups in total. The minimum Gasteiger partial charge on any atom is -0.481 e. The second-order valence-corrected chi connectivity index (χ2v) is 7.34. The highest BCUT2D eigenvalue weighted by atomic mass is 16.4. The third-order valence-electron chi connectivity index (χ3n) is 5.48. The lowest BCUT2D eigenvalue weighted by atomic mass is 9.80. The topological polar surface area (TPSA) is 94.8 Å². The van der Waals surface area contributed by atoms with Crippen molar-refractivity contribution in [2.24, 2.45) is 17.8 Å². The highest BCUT2D eigenvalue weighted by molar-refractivity contribution is 5.84. The Labute approximate surface area is 149 Å². The van der Waals surface area contributed by atoms with Crippen molar-refractivity contribution in [3.8, 4) is 0 Å². The number of aliphatic hydroxyl groups excluding tert-OH is 2. The second-order valence-electron chi connectivity index (χ2n) is 7.34. The van der Waals surface area contributed by atoms with Crippen molar-refractivity contribution >= 4 is 11.8 Å². The number of carbonyl (C=O) groups excluding carboxylic acids is 1. The molecule has 0 aliphatic heterocycles. The lowest BCUT2D eigenvalue weighted by Gasteiger charge is -2.29. The smallest absolute Gasteiger partial charge is 0.303 e. The van der Waals surface area contributed by atoms with Gasteiger partial charge in [-0.3, -0.25) is 9.59 Å². The van der Waals surface area contributed by atoms with Gasteiger partial charge in [0.1, 0.15) is 5.78 Å². The maximum atomic E-state index is 12.1. The summed E-state index contributed by atoms with van der Waals surface area (Å²) in [6.45, 7) is 0. The van der Waals surface area contributed by atoms with Crippen LogP contribution in [0.1, 0.15) is 57.8 Å². The van der Waals surface area contributed by atoms with Gasteiger partial charge in [0.15, 0.2) is 0 Å². The van der Waals surface area contributed by atoms with Crippen molar-refractivity contribution in [3.63, 3.8) is 0 Å². The van der Waals surface area contributed by atoms with Crippen molar-refractivity contribution < 1.29 is 24.9 Å². The fourth-order valence-corrected chi connectivity index (χ4v) is 3.65. The molecule has 0 aromatic carbocycles. The predicted octanol–water partition coefficient (Wildman–Crippen LogP) is 2.86. The molecule has 140 valence electrons. The van der Waals surface area contributed by atoms with Crippen LogP contribution in [-0.4, -0.2) is 39.3 Å². The first-order chi connectivity index (χ1) is 12.0. The number of unbranched alkanes of at least 4 members (excludes halogenated alkanes) is 1. The van der Waals surface area contributed by atoms with Crippen LogP contribution in [0.2, 0.25) is 0 Å². The van der Waals surface area contributed by atoms with E-state index in [1.807, 2.05) is 24.3 Å². The Balaban J connectivity index is 1.79. The first-order valence-corrected chi connectivity index (χ1v) is 9.41. The van der Waals surface area contributed by atoms with E-state index in [0.29, 0.717) is 31.6 Å². The Kier molecular flexibility index (Phi) is 7.85. The summed E-state index contributed by atoms with van der Waals surface area (Å²) in [5.41, 5.74) is 0. The summed E-state index contributed by atoms with van der Waals surface area (Å²) >= 11 is 0. The fourth-order valence-electron chi connectivity index (χ4n) is 3.65. The van der Waals surface area contributed by atoms with Gasteiger partial charge in [0.2, 0.25) is 0 Å². The van der Waals surface area contributed by atoms with Gasteiger partial charge in [-0.2, -0.15) is 0 Å². The number of Topliss-reactive ketones (excluding diaryl/α,β-unsaturated/α-hetero) is 1. The normalized spacial score (nSPS) is 28.7. The minimum absolute atomic E-state index is 0.0804. The molecule has 0 amide bonds. The summed E-state index contributed by atoms with van der Waals surface area (Å²) in [6, 6.07) is 0. The lowest BCUT2D eigenvalue weighted by molar-refractivity contribution is -0.137. The molecule has 0 aromatic rings. The Morgan fingerprint density at radius 2 is 2.00 bits per heavy atom. The zero-order valence-corrected chi connectivity index (χ0v) is 14.7. The van der Waals surface area contributed by atoms with E-state index in [0.717, 1.165) is 12.8 Å². The van der Waals surface area contributed by atoms with Crippen LogP contribution in [0.15, 0.2) is 24.3 Å². The molecule has 1 unspecified atom stereocenters. The van der Waals surface area contributed by atoms with E-state index in [2.05, 4.69) is 0 Å². The zero-order chi connectivity index (χ0) is 18.2. The van der Waals surface area contributed by atoms with E-state index in [-0.39, 0.29) is 36.6 Å². The monoisotopic (exact) mass is 350 g/mol. The molecule has 25 heavy (non-hydrogen) atoms. The quantitative estimate of drug-likeness (QED) is 0.416. The van der Waals surface area contributed by atoms with Gasteiger partial charge in [-0.1, -0.05) is 30.7 Å². The van der Waals surface area contributed by atoms with Crippen LogP contribution in [0.3, 0.4) is 0 Å². The molecule has 5 heteroatoms. The van der Waals surface area contributed by atoms with E-state index < -0.39 is 12.1 Å². The summed E-state index contributed by atoms with van der Waals surface area (Å²) < 4.78 is 0. The maximum Gasteiger partial charge on any atom is 0.303 e. The van der Waals surface area contributed by atoms with Gasteiger partial charge in [0.05, 0.1) is 12.2 Å². The van der Waals surface area contributed by atoms with Gasteiger partial charge < -0.3 is 15.3 Å². The summed E-state index contributed by atoms with van der Waals surface area (Å²) in [5.74, 6) is -0.717. The largest absolute Gasteiger partial charge is 0.481 e. The number of carboxylic acid groups (broad SMARTS) is 1. The summed E-state index contributed by atoms with van der Waals surface area (Å²) in [4.78, 5) is 22.6. The molecule has 0 heterocycles. The van der Waals surface area contributed by atoms with Gasteiger partial charge in [-0.15, -0.1) is 0 Å². The fraction of sp³-hybridized carbons (Fsp3) is 0.700. The van der Waals surface area contributed by atoms with Crippen molar-refractivity contribution in [2.75, 3.05) is 0 Å². The molecule has 2 aliphatic carbocycles. The lowest BCUT2D eigenvalue weighted by Crippen LogP contribution is -2.26. The van der Waals surface area contributed by atoms with Crippen LogP contribution in [0, 0.1) is 17.8 Å². The molecule has 0 bridgehead atoms. The number of carbonyl (C=O) groups is 2. The molecule has 0 aromatic heterocycles. The highest BCUT2D eigenvalue weighted by Gasteiger charge is 2.39. The number of allylic oxidation sites excluding steroid dienone is 2. The zero-order valence-electron chi connectivity index (χ0n) is 14.7. The maximum absolute atomic E-state index is 12.1. The first-order valence-electron chi connectivity index (χ1n) is 9.41. The Morgan fingerprint density at radius 3 is 2.64 bits per heavy atom. The molecule has 0 spiro atoms. The average molecular weight is 350 g/mol. The number of hydrogen-bond donors (Lipinski definition) is 3. The Hall–Kier alpha value is -1.46. The van der Waals surface area contributed by atoms with E-state index in [4.69, 9.17) is 5.11 Å². The number of hydrogen-bond acceptors (Lipinski definition) is 4. The number of aliphatic hydroxyl groups is 2. The summed E-state index contributed by atoms with van der Waals surface area (Å²) in [5, 5.41) is 28.8. The Morgan fingerprint density at radius 1 is 1.24 bits per heavy atom. The number of aliphatic carboxylic acids is 1. The van der Waals surface area contributed by atoms with Crippen molar-refractivity contribution in [1.82, 2.24) is 0 Å². The van der Waals surface area contributed by atoms with E-state index >= 15 is 0 Å². The molecule has 2 rings (SSSR count). The van der Waals surface area contributed by atoms with Crippen LogP contribution in [0.4, 0.5) is 0 Å². The van der Waals surface area contributed by atoms with Crippen molar-refractivity contribution in [1.29, 1.82) is 0 Å². The third kappa shape index (κ3) is 6.08. The van der Waals surface area contributed by atoms with Crippen LogP contribution < -0.4 is 0 Å². The molecular weight excluding hydrogens is 320 g/mol. The van der Waals surface area contributed by atoms with Crippen LogP contribution in [0.25, 0.3) is 0 Å². The average Bonchev–Trinajstić information content (AvgIpc) is 2.75.